The fourth-order valence-electron chi connectivity index (χ4n) is 3.50. The topological polar surface area (TPSA) is 97.9 Å². The van der Waals surface area contributed by atoms with Crippen LogP contribution in [-0.2, 0) is 0 Å². The van der Waals surface area contributed by atoms with Crippen LogP contribution >= 0.6 is 0 Å². The summed E-state index contributed by atoms with van der Waals surface area (Å²) in [5.74, 6) is 0.968. The highest BCUT2D eigenvalue weighted by molar-refractivity contribution is 5.87. The first-order valence-corrected chi connectivity index (χ1v) is 8.23. The molecule has 126 valence electrons. The van der Waals surface area contributed by atoms with Gasteiger partial charge >= 0.3 is 0 Å². The van der Waals surface area contributed by atoms with Crippen molar-refractivity contribution < 1.29 is 0 Å². The smallest absolute Gasteiger partial charge is 0.142 e. The second-order valence-electron chi connectivity index (χ2n) is 6.32. The molecular weight excluding hydrogens is 314 g/mol. The maximum atomic E-state index is 8.99. The third kappa shape index (κ3) is 2.62. The highest BCUT2D eigenvalue weighted by Gasteiger charge is 2.28. The zero-order chi connectivity index (χ0) is 17.4. The van der Waals surface area contributed by atoms with Gasteiger partial charge < -0.3 is 20.5 Å². The van der Waals surface area contributed by atoms with Gasteiger partial charge in [0.05, 0.1) is 28.4 Å². The lowest BCUT2D eigenvalue weighted by molar-refractivity contribution is 0.693. The molecule has 3 aromatic rings. The number of nitrogens with zero attached hydrogens (tertiary/aromatic N) is 5. The van der Waals surface area contributed by atoms with Crippen LogP contribution in [0.5, 0.6) is 0 Å². The van der Waals surface area contributed by atoms with Crippen LogP contribution in [0.4, 0.5) is 17.2 Å². The minimum atomic E-state index is 0.333. The molecule has 1 aliphatic rings. The minimum absolute atomic E-state index is 0.333. The summed E-state index contributed by atoms with van der Waals surface area (Å²) in [6, 6.07) is 9.93. The summed E-state index contributed by atoms with van der Waals surface area (Å²) >= 11 is 0. The van der Waals surface area contributed by atoms with E-state index >= 15 is 0 Å². The SMILES string of the molecule is CN(c1ccc(C#N)cc1N)C1CCN(c2ncnc3[nH]ccc23)C1. The van der Waals surface area contributed by atoms with Crippen LogP contribution in [0.2, 0.25) is 0 Å². The Balaban J connectivity index is 1.56. The number of nitrogens with one attached hydrogen (secondary N) is 1. The number of rotatable bonds is 3. The van der Waals surface area contributed by atoms with Crippen molar-refractivity contribution in [2.24, 2.45) is 0 Å². The summed E-state index contributed by atoms with van der Waals surface area (Å²) in [5.41, 5.74) is 9.17. The van der Waals surface area contributed by atoms with E-state index < -0.39 is 0 Å². The lowest BCUT2D eigenvalue weighted by Gasteiger charge is -2.28. The number of H-pyrrole nitrogens is 1. The normalized spacial score (nSPS) is 17.0. The molecule has 1 fully saturated rings. The molecular formula is C18H19N7. The van der Waals surface area contributed by atoms with Gasteiger partial charge in [0.15, 0.2) is 0 Å². The van der Waals surface area contributed by atoms with Crippen LogP contribution in [0, 0.1) is 11.3 Å². The number of fused-ring (bicyclic) bond motifs is 1. The molecule has 0 saturated carbocycles. The van der Waals surface area contributed by atoms with Crippen molar-refractivity contribution >= 4 is 28.2 Å². The van der Waals surface area contributed by atoms with Crippen molar-refractivity contribution in [3.8, 4) is 6.07 Å². The molecule has 2 aromatic heterocycles. The summed E-state index contributed by atoms with van der Waals surface area (Å²) in [4.78, 5) is 16.4. The average Bonchev–Trinajstić information content (AvgIpc) is 3.30. The lowest BCUT2D eigenvalue weighted by Crippen LogP contribution is -2.35. The molecule has 3 N–H and O–H groups in total. The number of nitrogens with two attached hydrogens (primary N) is 1. The number of nitriles is 1. The van der Waals surface area contributed by atoms with E-state index in [0.29, 0.717) is 17.3 Å². The van der Waals surface area contributed by atoms with Crippen molar-refractivity contribution in [1.82, 2.24) is 15.0 Å². The van der Waals surface area contributed by atoms with Gasteiger partial charge in [0, 0.05) is 32.4 Å². The van der Waals surface area contributed by atoms with Crippen LogP contribution in [0.3, 0.4) is 0 Å². The minimum Gasteiger partial charge on any atom is -0.397 e. The van der Waals surface area contributed by atoms with E-state index in [4.69, 9.17) is 11.0 Å². The molecule has 25 heavy (non-hydrogen) atoms. The van der Waals surface area contributed by atoms with Gasteiger partial charge in [0.1, 0.15) is 17.8 Å². The van der Waals surface area contributed by atoms with E-state index in [2.05, 4.69) is 37.9 Å². The van der Waals surface area contributed by atoms with Crippen molar-refractivity contribution in [2.45, 2.75) is 12.5 Å². The molecule has 0 spiro atoms. The Labute approximate surface area is 145 Å². The van der Waals surface area contributed by atoms with Crippen molar-refractivity contribution in [3.05, 3.63) is 42.4 Å². The van der Waals surface area contributed by atoms with Gasteiger partial charge in [-0.05, 0) is 30.7 Å². The van der Waals surface area contributed by atoms with Gasteiger partial charge in [0.2, 0.25) is 0 Å². The summed E-state index contributed by atoms with van der Waals surface area (Å²) in [6.07, 6.45) is 4.51. The zero-order valence-electron chi connectivity index (χ0n) is 14.0. The van der Waals surface area contributed by atoms with Gasteiger partial charge in [-0.1, -0.05) is 0 Å². The predicted molar refractivity (Wildman–Crippen MR) is 98.5 cm³/mol. The van der Waals surface area contributed by atoms with Crippen LogP contribution < -0.4 is 15.5 Å². The van der Waals surface area contributed by atoms with Gasteiger partial charge in [-0.25, -0.2) is 9.97 Å². The first kappa shape index (κ1) is 15.3. The highest BCUT2D eigenvalue weighted by Crippen LogP contribution is 2.31. The molecule has 7 heteroatoms. The molecule has 1 aromatic carbocycles. The molecule has 0 amide bonds. The van der Waals surface area contributed by atoms with E-state index in [1.54, 1.807) is 12.4 Å². The van der Waals surface area contributed by atoms with Crippen molar-refractivity contribution in [2.75, 3.05) is 35.7 Å². The van der Waals surface area contributed by atoms with Crippen LogP contribution in [0.15, 0.2) is 36.8 Å². The third-order valence-electron chi connectivity index (χ3n) is 4.88. The van der Waals surface area contributed by atoms with Gasteiger partial charge in [0.25, 0.3) is 0 Å². The fraction of sp³-hybridized carbons (Fsp3) is 0.278. The van der Waals surface area contributed by atoms with E-state index in [9.17, 15) is 0 Å². The summed E-state index contributed by atoms with van der Waals surface area (Å²) in [7, 11) is 2.05. The van der Waals surface area contributed by atoms with Gasteiger partial charge in [-0.3, -0.25) is 0 Å². The second kappa shape index (κ2) is 5.98. The number of aromatic amines is 1. The molecule has 1 saturated heterocycles. The van der Waals surface area contributed by atoms with E-state index in [-0.39, 0.29) is 0 Å². The van der Waals surface area contributed by atoms with Crippen LogP contribution in [-0.4, -0.2) is 41.1 Å². The molecule has 1 unspecified atom stereocenters. The fourth-order valence-corrected chi connectivity index (χ4v) is 3.50. The maximum absolute atomic E-state index is 8.99. The predicted octanol–water partition coefficient (Wildman–Crippen LogP) is 2.13. The maximum Gasteiger partial charge on any atom is 0.142 e. The molecule has 7 nitrogen and oxygen atoms in total. The Kier molecular flexibility index (Phi) is 3.65. The van der Waals surface area contributed by atoms with Gasteiger partial charge in [-0.15, -0.1) is 0 Å². The van der Waals surface area contributed by atoms with Crippen LogP contribution in [0.25, 0.3) is 11.0 Å². The zero-order valence-corrected chi connectivity index (χ0v) is 14.0. The first-order chi connectivity index (χ1) is 12.2. The standard InChI is InChI=1S/C18H19N7/c1-24(16-3-2-12(9-19)8-15(16)20)13-5-7-25(10-13)18-14-4-6-21-17(14)22-11-23-18/h2-4,6,8,11,13H,5,7,10,20H2,1H3,(H,21,22,23). The third-order valence-corrected chi connectivity index (χ3v) is 4.88. The Morgan fingerprint density at radius 2 is 2.24 bits per heavy atom. The van der Waals surface area contributed by atoms with Crippen molar-refractivity contribution in [1.29, 1.82) is 5.26 Å². The van der Waals surface area contributed by atoms with Crippen molar-refractivity contribution in [3.63, 3.8) is 0 Å². The molecule has 1 atom stereocenters. The van der Waals surface area contributed by atoms with Gasteiger partial charge in [-0.2, -0.15) is 5.26 Å². The molecule has 0 bridgehead atoms. The lowest BCUT2D eigenvalue weighted by atomic mass is 10.1. The molecule has 0 aliphatic carbocycles. The Morgan fingerprint density at radius 3 is 3.04 bits per heavy atom. The number of hydrogen-bond acceptors (Lipinski definition) is 6. The second-order valence-corrected chi connectivity index (χ2v) is 6.32. The number of hydrogen-bond donors (Lipinski definition) is 2. The number of anilines is 3. The highest BCUT2D eigenvalue weighted by atomic mass is 15.3. The molecule has 3 heterocycles. The number of likely N-dealkylation sites (N-methyl/N-ethyl adjacent to an activating group) is 1. The number of nitrogen functional groups attached to an aromatic ring is 1. The molecule has 4 rings (SSSR count). The Bertz CT molecular complexity index is 955. The summed E-state index contributed by atoms with van der Waals surface area (Å²) < 4.78 is 0. The summed E-state index contributed by atoms with van der Waals surface area (Å²) in [5, 5.41) is 10.0. The van der Waals surface area contributed by atoms with E-state index in [0.717, 1.165) is 42.0 Å². The Hall–Kier alpha value is -3.27. The number of benzene rings is 1. The van der Waals surface area contributed by atoms with Crippen LogP contribution in [0.1, 0.15) is 12.0 Å². The molecule has 0 radical (unpaired) electrons. The first-order valence-electron chi connectivity index (χ1n) is 8.23. The number of aromatic nitrogens is 3. The van der Waals surface area contributed by atoms with E-state index in [1.165, 1.54) is 0 Å². The quantitative estimate of drug-likeness (QED) is 0.713. The molecule has 1 aliphatic heterocycles. The Morgan fingerprint density at radius 1 is 1.36 bits per heavy atom. The monoisotopic (exact) mass is 333 g/mol. The average molecular weight is 333 g/mol. The summed E-state index contributed by atoms with van der Waals surface area (Å²) in [6.45, 7) is 1.80. The largest absolute Gasteiger partial charge is 0.397 e. The van der Waals surface area contributed by atoms with E-state index in [1.807, 2.05) is 24.4 Å².